The van der Waals surface area contributed by atoms with Crippen molar-refractivity contribution in [3.8, 4) is 0 Å². The number of carbonyl (C=O) groups excluding carboxylic acids is 1. The van der Waals surface area contributed by atoms with Gasteiger partial charge in [-0.05, 0) is 39.5 Å². The summed E-state index contributed by atoms with van der Waals surface area (Å²) in [4.78, 5) is 13.1. The Morgan fingerprint density at radius 2 is 1.94 bits per heavy atom. The minimum atomic E-state index is -4.30. The van der Waals surface area contributed by atoms with Crippen molar-refractivity contribution >= 4 is 16.2 Å². The molecule has 0 aromatic heterocycles. The molecule has 7 heteroatoms. The van der Waals surface area contributed by atoms with Crippen LogP contribution >= 0.6 is 0 Å². The van der Waals surface area contributed by atoms with Crippen LogP contribution < -0.4 is 0 Å². The van der Waals surface area contributed by atoms with Gasteiger partial charge in [0.1, 0.15) is 5.60 Å². The van der Waals surface area contributed by atoms with Gasteiger partial charge in [-0.1, -0.05) is 6.92 Å². The van der Waals surface area contributed by atoms with Crippen LogP contribution in [0.1, 0.15) is 40.5 Å². The molecule has 1 amide bonds. The SMILES string of the molecule is CC1CCCN(C(=O)OC(C)(C)C)[C@@H]1S(=O)(=O)O. The van der Waals surface area contributed by atoms with Gasteiger partial charge in [0.15, 0.2) is 5.37 Å². The molecule has 0 aromatic rings. The molecule has 0 aliphatic carbocycles. The number of carbonyl (C=O) groups is 1. The third kappa shape index (κ3) is 3.84. The van der Waals surface area contributed by atoms with E-state index < -0.39 is 27.2 Å². The first kappa shape index (κ1) is 15.2. The number of hydrogen-bond donors (Lipinski definition) is 1. The van der Waals surface area contributed by atoms with Crippen LogP contribution in [0.15, 0.2) is 0 Å². The molecule has 1 heterocycles. The number of nitrogens with zero attached hydrogens (tertiary/aromatic N) is 1. The zero-order chi connectivity index (χ0) is 14.1. The van der Waals surface area contributed by atoms with Gasteiger partial charge in [0.2, 0.25) is 0 Å². The summed E-state index contributed by atoms with van der Waals surface area (Å²) in [5, 5.41) is -1.21. The van der Waals surface area contributed by atoms with Crippen LogP contribution in [0.4, 0.5) is 4.79 Å². The van der Waals surface area contributed by atoms with Crippen LogP contribution in [0.2, 0.25) is 0 Å². The zero-order valence-corrected chi connectivity index (χ0v) is 12.0. The Kier molecular flexibility index (Phi) is 4.27. The average molecular weight is 279 g/mol. The third-order valence-electron chi connectivity index (χ3n) is 2.79. The fraction of sp³-hybridized carbons (Fsp3) is 0.909. The predicted octanol–water partition coefficient (Wildman–Crippen LogP) is 1.87. The van der Waals surface area contributed by atoms with Crippen LogP contribution in [0.5, 0.6) is 0 Å². The predicted molar refractivity (Wildman–Crippen MR) is 66.7 cm³/mol. The van der Waals surface area contributed by atoms with Gasteiger partial charge in [-0.2, -0.15) is 8.42 Å². The Bertz CT molecular complexity index is 412. The van der Waals surface area contributed by atoms with Crippen molar-refractivity contribution in [1.29, 1.82) is 0 Å². The van der Waals surface area contributed by atoms with Crippen molar-refractivity contribution in [3.05, 3.63) is 0 Å². The van der Waals surface area contributed by atoms with Crippen LogP contribution in [0, 0.1) is 5.92 Å². The third-order valence-corrected chi connectivity index (χ3v) is 4.12. The molecule has 18 heavy (non-hydrogen) atoms. The van der Waals surface area contributed by atoms with Gasteiger partial charge in [-0.3, -0.25) is 9.45 Å². The number of ether oxygens (including phenoxy) is 1. The summed E-state index contributed by atoms with van der Waals surface area (Å²) >= 11 is 0. The second-order valence-electron chi connectivity index (χ2n) is 5.70. The highest BCUT2D eigenvalue weighted by atomic mass is 32.2. The van der Waals surface area contributed by atoms with E-state index in [4.69, 9.17) is 4.74 Å². The Morgan fingerprint density at radius 1 is 1.39 bits per heavy atom. The lowest BCUT2D eigenvalue weighted by molar-refractivity contribution is 0.0114. The lowest BCUT2D eigenvalue weighted by Crippen LogP contribution is -2.52. The molecule has 0 aromatic carbocycles. The molecule has 1 unspecified atom stereocenters. The summed E-state index contributed by atoms with van der Waals surface area (Å²) in [5.74, 6) is -0.304. The number of rotatable bonds is 1. The van der Waals surface area contributed by atoms with E-state index in [-0.39, 0.29) is 12.5 Å². The highest BCUT2D eigenvalue weighted by Crippen LogP contribution is 2.28. The lowest BCUT2D eigenvalue weighted by Gasteiger charge is -2.38. The Hall–Kier alpha value is -0.820. The standard InChI is InChI=1S/C11H21NO5S/c1-8-6-5-7-12(9(8)18(14,15)16)10(13)17-11(2,3)4/h8-9H,5-7H2,1-4H3,(H,14,15,16)/t8?,9-/m1/s1. The van der Waals surface area contributed by atoms with E-state index in [0.717, 1.165) is 4.90 Å². The molecule has 0 saturated carbocycles. The molecule has 1 saturated heterocycles. The molecule has 1 N–H and O–H groups in total. The zero-order valence-electron chi connectivity index (χ0n) is 11.2. The van der Waals surface area contributed by atoms with E-state index in [1.807, 2.05) is 0 Å². The number of piperidine rings is 1. The lowest BCUT2D eigenvalue weighted by atomic mass is 10.0. The smallest absolute Gasteiger partial charge is 0.411 e. The normalized spacial score (nSPS) is 25.9. The molecule has 1 rings (SSSR count). The van der Waals surface area contributed by atoms with E-state index in [0.29, 0.717) is 12.8 Å². The van der Waals surface area contributed by atoms with Crippen molar-refractivity contribution in [2.75, 3.05) is 6.54 Å². The fourth-order valence-corrected chi connectivity index (χ4v) is 3.37. The average Bonchev–Trinajstić information content (AvgIpc) is 2.12. The summed E-state index contributed by atoms with van der Waals surface area (Å²) in [6, 6.07) is 0. The maximum atomic E-state index is 11.9. The van der Waals surface area contributed by atoms with E-state index >= 15 is 0 Å². The fourth-order valence-electron chi connectivity index (χ4n) is 2.13. The summed E-state index contributed by atoms with van der Waals surface area (Å²) in [6.07, 6.45) is 0.660. The van der Waals surface area contributed by atoms with Crippen LogP contribution in [0.3, 0.4) is 0 Å². The molecular formula is C11H21NO5S. The minimum absolute atomic E-state index is 0.281. The molecule has 106 valence electrons. The monoisotopic (exact) mass is 279 g/mol. The summed E-state index contributed by atoms with van der Waals surface area (Å²) in [6.45, 7) is 7.11. The molecule has 0 bridgehead atoms. The highest BCUT2D eigenvalue weighted by Gasteiger charge is 2.41. The minimum Gasteiger partial charge on any atom is -0.444 e. The topological polar surface area (TPSA) is 83.9 Å². The van der Waals surface area contributed by atoms with Gasteiger partial charge in [-0.25, -0.2) is 4.79 Å². The molecule has 2 atom stereocenters. The first-order valence-corrected chi connectivity index (χ1v) is 7.48. The molecule has 1 fully saturated rings. The van der Waals surface area contributed by atoms with Crippen molar-refractivity contribution in [2.45, 2.75) is 51.5 Å². The summed E-state index contributed by atoms with van der Waals surface area (Å²) in [7, 11) is -4.30. The van der Waals surface area contributed by atoms with E-state index in [1.54, 1.807) is 27.7 Å². The Labute approximate surface area is 108 Å². The van der Waals surface area contributed by atoms with Gasteiger partial charge in [0.05, 0.1) is 0 Å². The van der Waals surface area contributed by atoms with Gasteiger partial charge in [0, 0.05) is 6.54 Å². The van der Waals surface area contributed by atoms with Gasteiger partial charge in [0.25, 0.3) is 10.1 Å². The quantitative estimate of drug-likeness (QED) is 0.741. The van der Waals surface area contributed by atoms with E-state index in [9.17, 15) is 17.8 Å². The largest absolute Gasteiger partial charge is 0.444 e. The van der Waals surface area contributed by atoms with Gasteiger partial charge >= 0.3 is 6.09 Å². The summed E-state index contributed by atoms with van der Waals surface area (Å²) in [5.41, 5.74) is -0.693. The van der Waals surface area contributed by atoms with Crippen molar-refractivity contribution in [3.63, 3.8) is 0 Å². The van der Waals surface area contributed by atoms with Crippen molar-refractivity contribution in [2.24, 2.45) is 5.92 Å². The number of likely N-dealkylation sites (tertiary alicyclic amines) is 1. The van der Waals surface area contributed by atoms with E-state index in [2.05, 4.69) is 0 Å². The molecule has 6 nitrogen and oxygen atoms in total. The number of amides is 1. The van der Waals surface area contributed by atoms with Crippen LogP contribution in [-0.4, -0.2) is 41.5 Å². The summed E-state index contributed by atoms with van der Waals surface area (Å²) < 4.78 is 37.2. The van der Waals surface area contributed by atoms with Crippen molar-refractivity contribution < 1.29 is 22.5 Å². The molecule has 1 aliphatic heterocycles. The van der Waals surface area contributed by atoms with Gasteiger partial charge < -0.3 is 4.74 Å². The molecular weight excluding hydrogens is 258 g/mol. The van der Waals surface area contributed by atoms with Crippen LogP contribution in [0.25, 0.3) is 0 Å². The maximum absolute atomic E-state index is 11.9. The van der Waals surface area contributed by atoms with Gasteiger partial charge in [-0.15, -0.1) is 0 Å². The van der Waals surface area contributed by atoms with E-state index in [1.165, 1.54) is 0 Å². The second-order valence-corrected chi connectivity index (χ2v) is 7.21. The van der Waals surface area contributed by atoms with Crippen molar-refractivity contribution in [1.82, 2.24) is 4.90 Å². The molecule has 1 aliphatic rings. The molecule has 0 spiro atoms. The highest BCUT2D eigenvalue weighted by molar-refractivity contribution is 7.86. The first-order valence-electron chi connectivity index (χ1n) is 5.98. The number of hydrogen-bond acceptors (Lipinski definition) is 4. The second kappa shape index (κ2) is 5.05. The molecule has 0 radical (unpaired) electrons. The Balaban J connectivity index is 2.94. The Morgan fingerprint density at radius 3 is 2.39 bits per heavy atom. The maximum Gasteiger partial charge on any atom is 0.411 e. The first-order chi connectivity index (χ1) is 8.02. The van der Waals surface area contributed by atoms with Crippen LogP contribution in [-0.2, 0) is 14.9 Å².